The van der Waals surface area contributed by atoms with E-state index >= 15 is 0 Å². The minimum absolute atomic E-state index is 0.0433. The van der Waals surface area contributed by atoms with Crippen LogP contribution in [0, 0.1) is 0 Å². The van der Waals surface area contributed by atoms with Crippen molar-refractivity contribution in [2.24, 2.45) is 0 Å². The number of carbonyl (C=O) groups is 2. The second-order valence-electron chi connectivity index (χ2n) is 7.28. The lowest BCUT2D eigenvalue weighted by Crippen LogP contribution is -2.42. The van der Waals surface area contributed by atoms with Crippen molar-refractivity contribution in [3.05, 3.63) is 70.4 Å². The number of nitrogens with one attached hydrogen (secondary N) is 1. The molecule has 2 atom stereocenters. The first-order chi connectivity index (χ1) is 14.0. The van der Waals surface area contributed by atoms with Crippen molar-refractivity contribution in [3.8, 4) is 0 Å². The van der Waals surface area contributed by atoms with Crippen LogP contribution < -0.4 is 5.32 Å². The van der Waals surface area contributed by atoms with Gasteiger partial charge in [-0.25, -0.2) is 4.79 Å². The Kier molecular flexibility index (Phi) is 5.36. The molecule has 29 heavy (non-hydrogen) atoms. The number of thiophene rings is 1. The quantitative estimate of drug-likeness (QED) is 0.586. The maximum absolute atomic E-state index is 13.1. The number of fused-ring (bicyclic) bond motifs is 1. The molecule has 2 aromatic carbocycles. The Morgan fingerprint density at radius 1 is 1.14 bits per heavy atom. The molecule has 0 spiro atoms. The summed E-state index contributed by atoms with van der Waals surface area (Å²) in [6.45, 7) is 2.01. The molecule has 1 aliphatic heterocycles. The Labute approximate surface area is 172 Å². The van der Waals surface area contributed by atoms with Crippen molar-refractivity contribution in [3.63, 3.8) is 0 Å². The fraction of sp³-hybridized carbons (Fsp3) is 0.273. The van der Waals surface area contributed by atoms with Gasteiger partial charge >= 0.3 is 6.03 Å². The van der Waals surface area contributed by atoms with Gasteiger partial charge in [0.1, 0.15) is 5.54 Å². The summed E-state index contributed by atoms with van der Waals surface area (Å²) in [5.41, 5.74) is -0.459. The Hall–Kier alpha value is -2.74. The van der Waals surface area contributed by atoms with Gasteiger partial charge < -0.3 is 15.2 Å². The molecule has 1 aromatic heterocycles. The standard InChI is InChI=1S/C22H22N2O4S/c1-22(17-9-8-15-5-2-3-6-16(15)11-17)20(26)24(21(27)23-22)12-18(25)13-28-14-19-7-4-10-29-19/h2-11,18,25H,12-14H2,1H3,(H,23,27). The molecule has 7 heteroatoms. The fourth-order valence-corrected chi connectivity index (χ4v) is 4.15. The fourth-order valence-electron chi connectivity index (χ4n) is 3.51. The molecule has 150 valence electrons. The van der Waals surface area contributed by atoms with Gasteiger partial charge in [-0.15, -0.1) is 11.3 Å². The zero-order valence-electron chi connectivity index (χ0n) is 16.0. The van der Waals surface area contributed by atoms with E-state index in [1.54, 1.807) is 18.3 Å². The van der Waals surface area contributed by atoms with Crippen LogP contribution in [-0.4, -0.2) is 41.2 Å². The van der Waals surface area contributed by atoms with Gasteiger partial charge in [0.15, 0.2) is 0 Å². The third-order valence-electron chi connectivity index (χ3n) is 5.13. The molecule has 4 rings (SSSR count). The van der Waals surface area contributed by atoms with E-state index in [0.717, 1.165) is 20.5 Å². The first-order valence-corrected chi connectivity index (χ1v) is 10.3. The van der Waals surface area contributed by atoms with E-state index in [4.69, 9.17) is 4.74 Å². The molecule has 3 aromatic rings. The molecule has 2 unspecified atom stereocenters. The Morgan fingerprint density at radius 2 is 1.93 bits per heavy atom. The van der Waals surface area contributed by atoms with Crippen LogP contribution in [0.3, 0.4) is 0 Å². The molecule has 0 saturated carbocycles. The number of benzene rings is 2. The van der Waals surface area contributed by atoms with Crippen LogP contribution in [0.1, 0.15) is 17.4 Å². The van der Waals surface area contributed by atoms with Crippen LogP contribution in [-0.2, 0) is 21.7 Å². The molecule has 1 fully saturated rings. The number of carbonyl (C=O) groups excluding carboxylic acids is 2. The van der Waals surface area contributed by atoms with Crippen molar-refractivity contribution in [2.75, 3.05) is 13.2 Å². The summed E-state index contributed by atoms with van der Waals surface area (Å²) in [5.74, 6) is -0.380. The van der Waals surface area contributed by atoms with Crippen molar-refractivity contribution in [1.82, 2.24) is 10.2 Å². The van der Waals surface area contributed by atoms with Gasteiger partial charge in [0.05, 0.1) is 25.9 Å². The number of amides is 3. The number of ether oxygens (including phenoxy) is 1. The van der Waals surface area contributed by atoms with E-state index in [1.165, 1.54) is 0 Å². The van der Waals surface area contributed by atoms with Crippen LogP contribution in [0.15, 0.2) is 60.0 Å². The SMILES string of the molecule is CC1(c2ccc3ccccc3c2)NC(=O)N(CC(O)COCc2cccs2)C1=O. The molecule has 1 aliphatic rings. The largest absolute Gasteiger partial charge is 0.389 e. The molecule has 0 aliphatic carbocycles. The summed E-state index contributed by atoms with van der Waals surface area (Å²) >= 11 is 1.57. The minimum atomic E-state index is -1.17. The summed E-state index contributed by atoms with van der Waals surface area (Å²) in [5, 5.41) is 17.1. The first kappa shape index (κ1) is 19.6. The molecular weight excluding hydrogens is 388 g/mol. The zero-order valence-corrected chi connectivity index (χ0v) is 16.8. The molecule has 2 heterocycles. The third-order valence-corrected chi connectivity index (χ3v) is 5.98. The molecule has 6 nitrogen and oxygen atoms in total. The van der Waals surface area contributed by atoms with Gasteiger partial charge in [0, 0.05) is 4.88 Å². The minimum Gasteiger partial charge on any atom is -0.389 e. The number of aliphatic hydroxyl groups is 1. The van der Waals surface area contributed by atoms with Crippen molar-refractivity contribution >= 4 is 34.0 Å². The molecule has 2 N–H and O–H groups in total. The van der Waals surface area contributed by atoms with Crippen molar-refractivity contribution in [1.29, 1.82) is 0 Å². The van der Waals surface area contributed by atoms with E-state index < -0.39 is 17.7 Å². The lowest BCUT2D eigenvalue weighted by atomic mass is 9.90. The normalized spacial score (nSPS) is 20.3. The smallest absolute Gasteiger partial charge is 0.325 e. The summed E-state index contributed by atoms with van der Waals surface area (Å²) < 4.78 is 5.50. The highest BCUT2D eigenvalue weighted by Gasteiger charge is 2.49. The van der Waals surface area contributed by atoms with Crippen LogP contribution in [0.4, 0.5) is 4.79 Å². The van der Waals surface area contributed by atoms with E-state index in [0.29, 0.717) is 12.2 Å². The van der Waals surface area contributed by atoms with Gasteiger partial charge in [-0.3, -0.25) is 9.69 Å². The van der Waals surface area contributed by atoms with Crippen LogP contribution in [0.2, 0.25) is 0 Å². The van der Waals surface area contributed by atoms with E-state index in [2.05, 4.69) is 5.32 Å². The number of β-amino-alcohol motifs (C(OH)–C–C–N with tert-alkyl or cyclic N) is 1. The number of hydrogen-bond donors (Lipinski definition) is 2. The Morgan fingerprint density at radius 3 is 2.69 bits per heavy atom. The average molecular weight is 410 g/mol. The lowest BCUT2D eigenvalue weighted by molar-refractivity contribution is -0.132. The lowest BCUT2D eigenvalue weighted by Gasteiger charge is -2.23. The first-order valence-electron chi connectivity index (χ1n) is 9.39. The van der Waals surface area contributed by atoms with E-state index in [-0.39, 0.29) is 19.1 Å². The van der Waals surface area contributed by atoms with E-state index in [9.17, 15) is 14.7 Å². The van der Waals surface area contributed by atoms with Crippen LogP contribution >= 0.6 is 11.3 Å². The number of hydrogen-bond acceptors (Lipinski definition) is 5. The summed E-state index contributed by atoms with van der Waals surface area (Å²) in [7, 11) is 0. The van der Waals surface area contributed by atoms with Crippen LogP contribution in [0.5, 0.6) is 0 Å². The summed E-state index contributed by atoms with van der Waals surface area (Å²) in [4.78, 5) is 27.7. The van der Waals surface area contributed by atoms with Gasteiger partial charge in [0.2, 0.25) is 0 Å². The third kappa shape index (κ3) is 3.89. The maximum atomic E-state index is 13.1. The number of nitrogens with zero attached hydrogens (tertiary/aromatic N) is 1. The Bertz CT molecular complexity index is 1040. The molecule has 0 radical (unpaired) electrons. The summed E-state index contributed by atoms with van der Waals surface area (Å²) in [6, 6.07) is 16.9. The molecular formula is C22H22N2O4S. The second kappa shape index (κ2) is 7.94. The predicted molar refractivity (Wildman–Crippen MR) is 112 cm³/mol. The van der Waals surface area contributed by atoms with Gasteiger partial charge in [-0.1, -0.05) is 42.5 Å². The van der Waals surface area contributed by atoms with Crippen LogP contribution in [0.25, 0.3) is 10.8 Å². The average Bonchev–Trinajstić information content (AvgIpc) is 3.31. The van der Waals surface area contributed by atoms with Gasteiger partial charge in [-0.2, -0.15) is 0 Å². The number of rotatable bonds is 7. The van der Waals surface area contributed by atoms with Gasteiger partial charge in [0.25, 0.3) is 5.91 Å². The highest BCUT2D eigenvalue weighted by atomic mass is 32.1. The topological polar surface area (TPSA) is 78.9 Å². The van der Waals surface area contributed by atoms with E-state index in [1.807, 2.05) is 60.0 Å². The molecule has 0 bridgehead atoms. The number of imide groups is 1. The number of aliphatic hydroxyl groups excluding tert-OH is 1. The number of urea groups is 1. The van der Waals surface area contributed by atoms with Crippen molar-refractivity contribution < 1.29 is 19.4 Å². The summed E-state index contributed by atoms with van der Waals surface area (Å²) in [6.07, 6.45) is -0.955. The zero-order chi connectivity index (χ0) is 20.4. The van der Waals surface area contributed by atoms with Gasteiger partial charge in [-0.05, 0) is 40.8 Å². The Balaban J connectivity index is 1.44. The predicted octanol–water partition coefficient (Wildman–Crippen LogP) is 3.25. The monoisotopic (exact) mass is 410 g/mol. The highest BCUT2D eigenvalue weighted by molar-refractivity contribution is 7.09. The maximum Gasteiger partial charge on any atom is 0.325 e. The second-order valence-corrected chi connectivity index (χ2v) is 8.31. The molecule has 3 amide bonds. The van der Waals surface area contributed by atoms with Crippen molar-refractivity contribution in [2.45, 2.75) is 25.2 Å². The molecule has 1 saturated heterocycles. The highest BCUT2D eigenvalue weighted by Crippen LogP contribution is 2.31.